The Hall–Kier alpha value is -3.66. The van der Waals surface area contributed by atoms with Crippen molar-refractivity contribution in [3.05, 3.63) is 96.6 Å². The molecule has 0 aliphatic carbocycles. The van der Waals surface area contributed by atoms with Crippen LogP contribution < -0.4 is 10.5 Å². The molecule has 2 atom stereocenters. The van der Waals surface area contributed by atoms with Crippen LogP contribution in [0.25, 0.3) is 22.4 Å². The van der Waals surface area contributed by atoms with Crippen molar-refractivity contribution in [1.29, 1.82) is 0 Å². The third-order valence-electron chi connectivity index (χ3n) is 5.36. The summed E-state index contributed by atoms with van der Waals surface area (Å²) < 4.78 is 44.0. The lowest BCUT2D eigenvalue weighted by atomic mass is 10.0. The number of aromatic nitrogens is 2. The molecule has 4 rings (SSSR count). The van der Waals surface area contributed by atoms with E-state index in [4.69, 9.17) is 5.73 Å². The van der Waals surface area contributed by atoms with Crippen LogP contribution in [0, 0.1) is 5.82 Å². The van der Waals surface area contributed by atoms with E-state index in [-0.39, 0.29) is 16.3 Å². The number of rotatable bonds is 7. The summed E-state index contributed by atoms with van der Waals surface area (Å²) >= 11 is 0. The van der Waals surface area contributed by atoms with Crippen molar-refractivity contribution in [2.75, 3.05) is 5.73 Å². The van der Waals surface area contributed by atoms with Crippen molar-refractivity contribution in [2.45, 2.75) is 24.0 Å². The Bertz CT molecular complexity index is 1400. The predicted octanol–water partition coefficient (Wildman–Crippen LogP) is 3.93. The highest BCUT2D eigenvalue weighted by atomic mass is 32.2. The second-order valence-corrected chi connectivity index (χ2v) is 9.47. The number of nitrogen functional groups attached to an aromatic ring is 1. The minimum atomic E-state index is -4.04. The van der Waals surface area contributed by atoms with Gasteiger partial charge >= 0.3 is 0 Å². The van der Waals surface area contributed by atoms with Gasteiger partial charge in [0.25, 0.3) is 0 Å². The third-order valence-corrected chi connectivity index (χ3v) is 6.98. The van der Waals surface area contributed by atoms with Gasteiger partial charge in [0.1, 0.15) is 11.6 Å². The Morgan fingerprint density at radius 1 is 0.941 bits per heavy atom. The van der Waals surface area contributed by atoms with E-state index in [1.54, 1.807) is 55.5 Å². The lowest BCUT2D eigenvalue weighted by molar-refractivity contribution is 0.146. The molecule has 0 radical (unpaired) electrons. The fourth-order valence-corrected chi connectivity index (χ4v) is 5.10. The summed E-state index contributed by atoms with van der Waals surface area (Å²) in [5, 5.41) is 10.6. The normalized spacial score (nSPS) is 13.4. The van der Waals surface area contributed by atoms with E-state index in [9.17, 15) is 17.9 Å². The lowest BCUT2D eigenvalue weighted by Gasteiger charge is -2.21. The summed E-state index contributed by atoms with van der Waals surface area (Å²) in [6, 6.07) is 18.7. The molecule has 34 heavy (non-hydrogen) atoms. The summed E-state index contributed by atoms with van der Waals surface area (Å²) in [6.45, 7) is 1.58. The average Bonchev–Trinajstić information content (AvgIpc) is 2.84. The highest BCUT2D eigenvalue weighted by molar-refractivity contribution is 7.89. The molecule has 174 valence electrons. The zero-order valence-electron chi connectivity index (χ0n) is 18.3. The van der Waals surface area contributed by atoms with Crippen molar-refractivity contribution < 1.29 is 17.9 Å². The highest BCUT2D eigenvalue weighted by Crippen LogP contribution is 2.31. The van der Waals surface area contributed by atoms with Crippen LogP contribution in [0.1, 0.15) is 18.6 Å². The van der Waals surface area contributed by atoms with Crippen LogP contribution in [0.2, 0.25) is 0 Å². The first-order valence-electron chi connectivity index (χ1n) is 10.5. The lowest BCUT2D eigenvalue weighted by Crippen LogP contribution is -2.37. The molecule has 9 heteroatoms. The molecule has 1 aromatic heterocycles. The number of benzene rings is 3. The molecule has 3 aromatic carbocycles. The number of halogens is 1. The van der Waals surface area contributed by atoms with Gasteiger partial charge in [-0.25, -0.2) is 22.5 Å². The van der Waals surface area contributed by atoms with E-state index in [0.29, 0.717) is 22.4 Å². The fourth-order valence-electron chi connectivity index (χ4n) is 3.62. The smallest absolute Gasteiger partial charge is 0.241 e. The zero-order chi connectivity index (χ0) is 24.3. The SMILES string of the molecule is C[C@H](NS(=O)(=O)c1ccccc1-c1ccc(-c2cnc(N)cn2)c(F)c1)[C@@H](O)c1ccccc1. The molecule has 0 spiro atoms. The van der Waals surface area contributed by atoms with Gasteiger partial charge in [0.15, 0.2) is 0 Å². The third kappa shape index (κ3) is 4.96. The first-order chi connectivity index (χ1) is 16.3. The summed E-state index contributed by atoms with van der Waals surface area (Å²) in [4.78, 5) is 7.99. The van der Waals surface area contributed by atoms with E-state index < -0.39 is 28.0 Å². The highest BCUT2D eigenvalue weighted by Gasteiger charge is 2.26. The van der Waals surface area contributed by atoms with Gasteiger partial charge < -0.3 is 10.8 Å². The molecule has 0 saturated carbocycles. The van der Waals surface area contributed by atoms with Crippen LogP contribution in [0.5, 0.6) is 0 Å². The summed E-state index contributed by atoms with van der Waals surface area (Å²) in [6.07, 6.45) is 1.66. The van der Waals surface area contributed by atoms with Crippen molar-refractivity contribution in [2.24, 2.45) is 0 Å². The van der Waals surface area contributed by atoms with Crippen LogP contribution in [0.4, 0.5) is 10.2 Å². The number of nitrogens with zero attached hydrogens (tertiary/aromatic N) is 2. The van der Waals surface area contributed by atoms with Crippen molar-refractivity contribution in [3.8, 4) is 22.4 Å². The molecule has 0 amide bonds. The van der Waals surface area contributed by atoms with E-state index in [0.717, 1.165) is 0 Å². The number of nitrogens with one attached hydrogen (secondary N) is 1. The minimum Gasteiger partial charge on any atom is -0.387 e. The van der Waals surface area contributed by atoms with Crippen molar-refractivity contribution in [3.63, 3.8) is 0 Å². The van der Waals surface area contributed by atoms with Crippen LogP contribution in [-0.2, 0) is 10.0 Å². The van der Waals surface area contributed by atoms with Gasteiger partial charge in [-0.2, -0.15) is 0 Å². The Balaban J connectivity index is 1.65. The van der Waals surface area contributed by atoms with E-state index in [1.807, 2.05) is 6.07 Å². The van der Waals surface area contributed by atoms with Gasteiger partial charge in [-0.05, 0) is 36.2 Å². The standard InChI is InChI=1S/C25H23FN4O3S/c1-16(25(31)17-7-3-2-4-8-17)30-34(32,33)23-10-6-5-9-19(23)18-11-12-20(21(26)13-18)22-14-29-24(27)15-28-22/h2-16,25,30-31H,1H3,(H2,27,29)/t16-,25+/m0/s1. The first-order valence-corrected chi connectivity index (χ1v) is 12.0. The van der Waals surface area contributed by atoms with Gasteiger partial charge in [-0.1, -0.05) is 54.6 Å². The molecule has 4 N–H and O–H groups in total. The molecular formula is C25H23FN4O3S. The average molecular weight is 479 g/mol. The topological polar surface area (TPSA) is 118 Å². The van der Waals surface area contributed by atoms with Crippen molar-refractivity contribution >= 4 is 15.8 Å². The maximum Gasteiger partial charge on any atom is 0.241 e. The predicted molar refractivity (Wildman–Crippen MR) is 128 cm³/mol. The molecule has 0 bridgehead atoms. The van der Waals surface area contributed by atoms with Gasteiger partial charge in [-0.3, -0.25) is 4.98 Å². The van der Waals surface area contributed by atoms with Crippen LogP contribution >= 0.6 is 0 Å². The van der Waals surface area contributed by atoms with Gasteiger partial charge in [0.2, 0.25) is 10.0 Å². The zero-order valence-corrected chi connectivity index (χ0v) is 19.1. The maximum absolute atomic E-state index is 15.0. The van der Waals surface area contributed by atoms with Gasteiger partial charge in [0.05, 0.1) is 29.1 Å². The Labute approximate surface area is 197 Å². The number of sulfonamides is 1. The van der Waals surface area contributed by atoms with Crippen LogP contribution in [-0.4, -0.2) is 29.5 Å². The minimum absolute atomic E-state index is 0.0264. The number of nitrogens with two attached hydrogens (primary N) is 1. The van der Waals surface area contributed by atoms with E-state index in [1.165, 1.54) is 30.6 Å². The Morgan fingerprint density at radius 2 is 1.65 bits per heavy atom. The number of anilines is 1. The quantitative estimate of drug-likeness (QED) is 0.370. The summed E-state index contributed by atoms with van der Waals surface area (Å²) in [5.74, 6) is -0.358. The van der Waals surface area contributed by atoms with E-state index >= 15 is 0 Å². The van der Waals surface area contributed by atoms with E-state index in [2.05, 4.69) is 14.7 Å². The Kier molecular flexibility index (Phi) is 6.69. The second kappa shape index (κ2) is 9.68. The first kappa shape index (κ1) is 23.5. The molecule has 0 saturated heterocycles. The molecule has 0 unspecified atom stereocenters. The van der Waals surface area contributed by atoms with Gasteiger partial charge in [0, 0.05) is 17.2 Å². The number of aliphatic hydroxyl groups is 1. The van der Waals surface area contributed by atoms with Crippen molar-refractivity contribution in [1.82, 2.24) is 14.7 Å². The Morgan fingerprint density at radius 3 is 2.32 bits per heavy atom. The second-order valence-electron chi connectivity index (χ2n) is 7.78. The van der Waals surface area contributed by atoms with Crippen LogP contribution in [0.15, 0.2) is 90.1 Å². The molecular weight excluding hydrogens is 455 g/mol. The molecule has 0 aliphatic rings. The molecule has 7 nitrogen and oxygen atoms in total. The molecule has 0 fully saturated rings. The van der Waals surface area contributed by atoms with Crippen LogP contribution in [0.3, 0.4) is 0 Å². The summed E-state index contributed by atoms with van der Waals surface area (Å²) in [5.41, 5.74) is 7.36. The molecule has 4 aromatic rings. The van der Waals surface area contributed by atoms with Gasteiger partial charge in [-0.15, -0.1) is 0 Å². The maximum atomic E-state index is 15.0. The largest absolute Gasteiger partial charge is 0.387 e. The number of hydrogen-bond acceptors (Lipinski definition) is 6. The monoisotopic (exact) mass is 478 g/mol. The summed E-state index contributed by atoms with van der Waals surface area (Å²) in [7, 11) is -4.04. The number of hydrogen-bond donors (Lipinski definition) is 3. The number of aliphatic hydroxyl groups excluding tert-OH is 1. The fraction of sp³-hybridized carbons (Fsp3) is 0.120. The molecule has 0 aliphatic heterocycles. The molecule has 1 heterocycles.